The molecule has 0 aliphatic heterocycles. The van der Waals surface area contributed by atoms with Crippen molar-refractivity contribution >= 4 is 11.5 Å². The first-order valence-electron chi connectivity index (χ1n) is 11.4. The third-order valence-electron chi connectivity index (χ3n) is 8.97. The number of fused-ring (bicyclic) bond motifs is 5. The number of nitrogens with zero attached hydrogens (tertiary/aromatic N) is 1. The Balaban J connectivity index is 1.38. The molecule has 1 aromatic heterocycles. The molecule has 29 heavy (non-hydrogen) atoms. The van der Waals surface area contributed by atoms with E-state index in [-0.39, 0.29) is 17.5 Å². The lowest BCUT2D eigenvalue weighted by Gasteiger charge is -2.59. The number of rotatable bonds is 2. The van der Waals surface area contributed by atoms with E-state index in [2.05, 4.69) is 43.1 Å². The van der Waals surface area contributed by atoms with E-state index in [0.717, 1.165) is 18.8 Å². The normalized spacial score (nSPS) is 40.8. The lowest BCUT2D eigenvalue weighted by molar-refractivity contribution is -0.154. The highest BCUT2D eigenvalue weighted by Crippen LogP contribution is 2.66. The van der Waals surface area contributed by atoms with Gasteiger partial charge in [-0.2, -0.15) is 0 Å². The van der Waals surface area contributed by atoms with Gasteiger partial charge in [-0.25, -0.2) is 0 Å². The molecule has 1 heterocycles. The van der Waals surface area contributed by atoms with E-state index in [1.165, 1.54) is 43.2 Å². The first-order valence-corrected chi connectivity index (χ1v) is 11.4. The summed E-state index contributed by atoms with van der Waals surface area (Å²) >= 11 is 0. The van der Waals surface area contributed by atoms with Gasteiger partial charge < -0.3 is 4.74 Å². The number of allylic oxidation sites excluding steroid dienone is 4. The number of carbonyl (C=O) groups excluding carboxylic acids is 1. The van der Waals surface area contributed by atoms with E-state index < -0.39 is 0 Å². The van der Waals surface area contributed by atoms with Crippen LogP contribution in [0.4, 0.5) is 0 Å². The fraction of sp³-hybridized carbons (Fsp3) is 0.615. The van der Waals surface area contributed by atoms with Gasteiger partial charge in [-0.15, -0.1) is 0 Å². The van der Waals surface area contributed by atoms with E-state index in [4.69, 9.17) is 4.74 Å². The smallest absolute Gasteiger partial charge is 0.302 e. The van der Waals surface area contributed by atoms with Crippen LogP contribution in [0.5, 0.6) is 0 Å². The van der Waals surface area contributed by atoms with Crippen LogP contribution < -0.4 is 0 Å². The van der Waals surface area contributed by atoms with Gasteiger partial charge in [-0.1, -0.05) is 37.6 Å². The van der Waals surface area contributed by atoms with Crippen LogP contribution in [-0.2, 0) is 9.53 Å². The zero-order valence-electron chi connectivity index (χ0n) is 18.0. The van der Waals surface area contributed by atoms with E-state index in [0.29, 0.717) is 17.3 Å². The molecule has 0 bridgehead atoms. The molecule has 154 valence electrons. The predicted octanol–water partition coefficient (Wildman–Crippen LogP) is 5.97. The van der Waals surface area contributed by atoms with Gasteiger partial charge in [-0.05, 0) is 85.3 Å². The van der Waals surface area contributed by atoms with Crippen molar-refractivity contribution in [2.24, 2.45) is 28.6 Å². The Hall–Kier alpha value is -1.90. The number of carbonyl (C=O) groups is 1. The van der Waals surface area contributed by atoms with Gasteiger partial charge >= 0.3 is 5.97 Å². The number of aromatic nitrogens is 1. The molecule has 4 aliphatic rings. The molecule has 3 heteroatoms. The molecule has 3 nitrogen and oxygen atoms in total. The third-order valence-corrected chi connectivity index (χ3v) is 8.97. The molecule has 0 aromatic carbocycles. The molecule has 5 rings (SSSR count). The van der Waals surface area contributed by atoms with Crippen LogP contribution in [0.25, 0.3) is 5.57 Å². The van der Waals surface area contributed by atoms with Crippen molar-refractivity contribution in [3.63, 3.8) is 0 Å². The molecule has 0 N–H and O–H groups in total. The van der Waals surface area contributed by atoms with Crippen molar-refractivity contribution in [1.82, 2.24) is 4.98 Å². The van der Waals surface area contributed by atoms with E-state index in [9.17, 15) is 4.79 Å². The van der Waals surface area contributed by atoms with Gasteiger partial charge in [0.1, 0.15) is 6.10 Å². The number of pyridine rings is 1. The third kappa shape index (κ3) is 2.92. The Kier molecular flexibility index (Phi) is 4.49. The molecule has 0 saturated heterocycles. The summed E-state index contributed by atoms with van der Waals surface area (Å²) in [5, 5.41) is 0. The molecule has 3 saturated carbocycles. The maximum absolute atomic E-state index is 11.4. The van der Waals surface area contributed by atoms with Crippen LogP contribution >= 0.6 is 0 Å². The minimum absolute atomic E-state index is 0.120. The van der Waals surface area contributed by atoms with E-state index in [1.54, 1.807) is 12.5 Å². The summed E-state index contributed by atoms with van der Waals surface area (Å²) in [6, 6.07) is 4.26. The average molecular weight is 392 g/mol. The fourth-order valence-electron chi connectivity index (χ4n) is 7.49. The second-order valence-electron chi connectivity index (χ2n) is 10.3. The monoisotopic (exact) mass is 391 g/mol. The molecule has 0 radical (unpaired) electrons. The second kappa shape index (κ2) is 6.82. The van der Waals surface area contributed by atoms with Crippen LogP contribution in [0.2, 0.25) is 0 Å². The predicted molar refractivity (Wildman–Crippen MR) is 115 cm³/mol. The topological polar surface area (TPSA) is 39.2 Å². The Morgan fingerprint density at radius 1 is 1.14 bits per heavy atom. The van der Waals surface area contributed by atoms with Crippen molar-refractivity contribution in [2.45, 2.75) is 71.8 Å². The van der Waals surface area contributed by atoms with Crippen LogP contribution in [0.1, 0.15) is 71.3 Å². The quantitative estimate of drug-likeness (QED) is 0.583. The van der Waals surface area contributed by atoms with Crippen LogP contribution in [0, 0.1) is 28.6 Å². The van der Waals surface area contributed by atoms with E-state index >= 15 is 0 Å². The molecule has 1 aromatic rings. The van der Waals surface area contributed by atoms with Gasteiger partial charge in [0.15, 0.2) is 0 Å². The minimum Gasteiger partial charge on any atom is -0.463 e. The summed E-state index contributed by atoms with van der Waals surface area (Å²) in [4.78, 5) is 15.8. The Bertz CT molecular complexity index is 872. The largest absolute Gasteiger partial charge is 0.463 e. The highest BCUT2D eigenvalue weighted by molar-refractivity contribution is 5.78. The molecular weight excluding hydrogens is 358 g/mol. The summed E-state index contributed by atoms with van der Waals surface area (Å²) in [7, 11) is 0. The molecule has 1 unspecified atom stereocenters. The summed E-state index contributed by atoms with van der Waals surface area (Å²) in [5.41, 5.74) is 4.97. The maximum atomic E-state index is 11.4. The van der Waals surface area contributed by atoms with Crippen molar-refractivity contribution in [2.75, 3.05) is 0 Å². The Morgan fingerprint density at radius 2 is 2.00 bits per heavy atom. The van der Waals surface area contributed by atoms with Gasteiger partial charge in [0.05, 0.1) is 0 Å². The van der Waals surface area contributed by atoms with Crippen molar-refractivity contribution in [3.8, 4) is 0 Å². The summed E-state index contributed by atoms with van der Waals surface area (Å²) in [6.45, 7) is 6.56. The number of ether oxygens (including phenoxy) is 1. The van der Waals surface area contributed by atoms with Crippen molar-refractivity contribution in [1.29, 1.82) is 0 Å². The highest BCUT2D eigenvalue weighted by atomic mass is 16.5. The minimum atomic E-state index is -0.120. The summed E-state index contributed by atoms with van der Waals surface area (Å²) < 4.78 is 5.61. The van der Waals surface area contributed by atoms with Crippen LogP contribution in [0.3, 0.4) is 0 Å². The number of hydrogen-bond donors (Lipinski definition) is 0. The maximum Gasteiger partial charge on any atom is 0.302 e. The van der Waals surface area contributed by atoms with Gasteiger partial charge in [0.2, 0.25) is 0 Å². The van der Waals surface area contributed by atoms with Gasteiger partial charge in [0.25, 0.3) is 0 Å². The summed E-state index contributed by atoms with van der Waals surface area (Å²) in [6.07, 6.45) is 17.2. The molecule has 0 spiro atoms. The molecule has 0 amide bonds. The fourth-order valence-corrected chi connectivity index (χ4v) is 7.49. The van der Waals surface area contributed by atoms with Crippen molar-refractivity contribution < 1.29 is 9.53 Å². The highest BCUT2D eigenvalue weighted by Gasteiger charge is 2.56. The molecular formula is C26H33NO2. The van der Waals surface area contributed by atoms with Crippen LogP contribution in [0.15, 0.2) is 42.3 Å². The number of hydrogen-bond acceptors (Lipinski definition) is 3. The zero-order chi connectivity index (χ0) is 20.2. The Labute approximate surface area is 174 Å². The zero-order valence-corrected chi connectivity index (χ0v) is 18.0. The SMILES string of the molecule is CC(=O)O[C@H]1CC[C@@]2(C)C(CC[C@H]3C4=CC=C(c5cccnc5)[C@@]4(C)CC[C@@H]32)C1. The standard InChI is InChI=1S/C26H33NO2/c1-17(28)29-20-10-12-25(2)19(15-20)6-7-21-23-9-8-22(18-5-4-14-27-16-18)26(23,3)13-11-24(21)25/h4-5,8-9,14,16,19-21,24H,6-7,10-13,15H2,1-3H3/t19?,20-,21-,24-,25-,26+/m0/s1. The lowest BCUT2D eigenvalue weighted by atomic mass is 9.46. The molecule has 4 aliphatic carbocycles. The molecule has 3 fully saturated rings. The number of esters is 1. The van der Waals surface area contributed by atoms with Crippen molar-refractivity contribution in [3.05, 3.63) is 47.8 Å². The molecule has 6 atom stereocenters. The Morgan fingerprint density at radius 3 is 2.76 bits per heavy atom. The van der Waals surface area contributed by atoms with Gasteiger partial charge in [0, 0.05) is 24.7 Å². The first kappa shape index (κ1) is 19.1. The summed E-state index contributed by atoms with van der Waals surface area (Å²) in [5.74, 6) is 2.04. The second-order valence-corrected chi connectivity index (χ2v) is 10.3. The lowest BCUT2D eigenvalue weighted by Crippen LogP contribution is -2.51. The van der Waals surface area contributed by atoms with Gasteiger partial charge in [-0.3, -0.25) is 9.78 Å². The first-order chi connectivity index (χ1) is 13.9. The average Bonchev–Trinajstić information content (AvgIpc) is 3.06. The van der Waals surface area contributed by atoms with Crippen LogP contribution in [-0.4, -0.2) is 17.1 Å². The van der Waals surface area contributed by atoms with E-state index in [1.807, 2.05) is 12.4 Å².